The Balaban J connectivity index is 2.10. The number of alkyl halides is 1. The van der Waals surface area contributed by atoms with Crippen LogP contribution in [0.1, 0.15) is 23.2 Å². The summed E-state index contributed by atoms with van der Waals surface area (Å²) < 4.78 is 39.3. The molecule has 104 valence electrons. The molecule has 1 aromatic carbocycles. The molecule has 0 spiro atoms. The van der Waals surface area contributed by atoms with E-state index in [0.717, 1.165) is 12.8 Å². The van der Waals surface area contributed by atoms with Gasteiger partial charge in [-0.05, 0) is 24.8 Å². The van der Waals surface area contributed by atoms with Gasteiger partial charge in [-0.25, -0.2) is 8.78 Å². The van der Waals surface area contributed by atoms with Gasteiger partial charge in [-0.3, -0.25) is 4.79 Å². The van der Waals surface area contributed by atoms with E-state index >= 15 is 0 Å². The predicted molar refractivity (Wildman–Crippen MR) is 62.7 cm³/mol. The van der Waals surface area contributed by atoms with E-state index in [-0.39, 0.29) is 11.9 Å². The Bertz CT molecular complexity index is 520. The number of carbonyl (C=O) groups excluding carboxylic acids is 1. The van der Waals surface area contributed by atoms with Crippen LogP contribution in [0.5, 0.6) is 5.75 Å². The van der Waals surface area contributed by atoms with E-state index in [9.17, 15) is 18.0 Å². The molecule has 0 aliphatic heterocycles. The first-order valence-corrected chi connectivity index (χ1v) is 6.14. The van der Waals surface area contributed by atoms with E-state index in [4.69, 9.17) is 16.7 Å². The number of benzene rings is 1. The summed E-state index contributed by atoms with van der Waals surface area (Å²) in [4.78, 5) is 11.6. The predicted octanol–water partition coefficient (Wildman–Crippen LogP) is 2.56. The van der Waals surface area contributed by atoms with Crippen molar-refractivity contribution in [2.45, 2.75) is 18.2 Å². The number of phenols is 1. The second-order valence-electron chi connectivity index (χ2n) is 4.45. The average Bonchev–Trinajstić information content (AvgIpc) is 3.21. The Morgan fingerprint density at radius 2 is 2.05 bits per heavy atom. The summed E-state index contributed by atoms with van der Waals surface area (Å²) in [5.74, 6) is -6.83. The van der Waals surface area contributed by atoms with Gasteiger partial charge in [-0.1, -0.05) is 0 Å². The number of phenolic OH excluding ortho intramolecular Hbond substituents is 1. The van der Waals surface area contributed by atoms with Crippen LogP contribution < -0.4 is 5.32 Å². The van der Waals surface area contributed by atoms with Crippen LogP contribution in [0.25, 0.3) is 0 Å². The molecule has 3 nitrogen and oxygen atoms in total. The number of amides is 1. The van der Waals surface area contributed by atoms with Crippen molar-refractivity contribution >= 4 is 17.5 Å². The van der Waals surface area contributed by atoms with E-state index < -0.39 is 34.7 Å². The lowest BCUT2D eigenvalue weighted by Gasteiger charge is -2.11. The number of aromatic hydroxyl groups is 1. The topological polar surface area (TPSA) is 49.3 Å². The molecule has 2 rings (SSSR count). The zero-order chi connectivity index (χ0) is 14.2. The van der Waals surface area contributed by atoms with Gasteiger partial charge in [0, 0.05) is 6.54 Å². The van der Waals surface area contributed by atoms with Crippen LogP contribution in [0.2, 0.25) is 0 Å². The molecule has 1 unspecified atom stereocenters. The van der Waals surface area contributed by atoms with E-state index in [1.165, 1.54) is 0 Å². The normalized spacial score (nSPS) is 16.2. The largest absolute Gasteiger partial charge is 0.503 e. The molecule has 0 heterocycles. The molecule has 1 aromatic rings. The zero-order valence-electron chi connectivity index (χ0n) is 9.72. The van der Waals surface area contributed by atoms with Crippen molar-refractivity contribution in [1.82, 2.24) is 5.32 Å². The lowest BCUT2D eigenvalue weighted by atomic mass is 10.1. The fourth-order valence-corrected chi connectivity index (χ4v) is 1.99. The molecule has 7 heteroatoms. The highest BCUT2D eigenvalue weighted by atomic mass is 35.5. The molecular formula is C12H11ClF3NO2. The molecule has 1 atom stereocenters. The Kier molecular flexibility index (Phi) is 3.89. The molecule has 0 saturated heterocycles. The van der Waals surface area contributed by atoms with Crippen LogP contribution in [0.3, 0.4) is 0 Å². The molecule has 2 N–H and O–H groups in total. The quantitative estimate of drug-likeness (QED) is 0.662. The van der Waals surface area contributed by atoms with Crippen LogP contribution in [0, 0.1) is 23.4 Å². The van der Waals surface area contributed by atoms with Gasteiger partial charge in [0.25, 0.3) is 5.91 Å². The van der Waals surface area contributed by atoms with Gasteiger partial charge in [-0.2, -0.15) is 4.39 Å². The van der Waals surface area contributed by atoms with Crippen LogP contribution in [-0.2, 0) is 0 Å². The number of rotatable bonds is 4. The average molecular weight is 294 g/mol. The number of halogens is 4. The Morgan fingerprint density at radius 1 is 1.42 bits per heavy atom. The third-order valence-electron chi connectivity index (χ3n) is 2.97. The van der Waals surface area contributed by atoms with Crippen LogP contribution in [-0.4, -0.2) is 22.9 Å². The van der Waals surface area contributed by atoms with Gasteiger partial charge >= 0.3 is 0 Å². The van der Waals surface area contributed by atoms with Gasteiger partial charge < -0.3 is 10.4 Å². The Morgan fingerprint density at radius 3 is 2.63 bits per heavy atom. The third-order valence-corrected chi connectivity index (χ3v) is 3.48. The highest BCUT2D eigenvalue weighted by Crippen LogP contribution is 2.35. The standard InChI is InChI=1S/C12H11ClF3NO2/c13-7(5-1-2-5)4-17-12(19)6-3-8(14)10(16)11(18)9(6)15/h3,5,7,18H,1-2,4H2,(H,17,19). The summed E-state index contributed by atoms with van der Waals surface area (Å²) in [5.41, 5.74) is -0.754. The minimum absolute atomic E-state index is 0.101. The maximum atomic E-state index is 13.4. The molecule has 1 saturated carbocycles. The van der Waals surface area contributed by atoms with Crippen molar-refractivity contribution in [3.63, 3.8) is 0 Å². The van der Waals surface area contributed by atoms with Crippen LogP contribution in [0.4, 0.5) is 13.2 Å². The van der Waals surface area contributed by atoms with Crippen molar-refractivity contribution in [3.05, 3.63) is 29.1 Å². The lowest BCUT2D eigenvalue weighted by Crippen LogP contribution is -2.31. The van der Waals surface area contributed by atoms with Crippen molar-refractivity contribution in [1.29, 1.82) is 0 Å². The summed E-state index contributed by atoms with van der Waals surface area (Å²) in [5, 5.41) is 11.0. The van der Waals surface area contributed by atoms with Crippen molar-refractivity contribution in [3.8, 4) is 5.75 Å². The summed E-state index contributed by atoms with van der Waals surface area (Å²) >= 11 is 5.95. The van der Waals surface area contributed by atoms with Gasteiger partial charge in [0.05, 0.1) is 10.9 Å². The maximum absolute atomic E-state index is 13.4. The van der Waals surface area contributed by atoms with Gasteiger partial charge in [0.1, 0.15) is 0 Å². The minimum Gasteiger partial charge on any atom is -0.503 e. The Labute approximate surface area is 112 Å². The fraction of sp³-hybridized carbons (Fsp3) is 0.417. The molecule has 1 aliphatic rings. The first-order valence-electron chi connectivity index (χ1n) is 5.70. The molecule has 1 fully saturated rings. The smallest absolute Gasteiger partial charge is 0.254 e. The van der Waals surface area contributed by atoms with E-state index in [0.29, 0.717) is 12.0 Å². The molecule has 0 bridgehead atoms. The summed E-state index contributed by atoms with van der Waals surface area (Å²) in [6.45, 7) is 0.101. The number of carbonyl (C=O) groups is 1. The first kappa shape index (κ1) is 14.0. The molecule has 1 aliphatic carbocycles. The molecule has 1 amide bonds. The van der Waals surface area contributed by atoms with E-state index in [2.05, 4.69) is 5.32 Å². The third kappa shape index (κ3) is 2.94. The van der Waals surface area contributed by atoms with Gasteiger partial charge in [0.15, 0.2) is 17.4 Å². The summed E-state index contributed by atoms with van der Waals surface area (Å²) in [6, 6.07) is 0.403. The second-order valence-corrected chi connectivity index (χ2v) is 5.01. The van der Waals surface area contributed by atoms with Crippen molar-refractivity contribution < 1.29 is 23.1 Å². The van der Waals surface area contributed by atoms with E-state index in [1.54, 1.807) is 0 Å². The van der Waals surface area contributed by atoms with Gasteiger partial charge in [-0.15, -0.1) is 11.6 Å². The highest BCUT2D eigenvalue weighted by Gasteiger charge is 2.30. The molecular weight excluding hydrogens is 283 g/mol. The molecule has 19 heavy (non-hydrogen) atoms. The lowest BCUT2D eigenvalue weighted by molar-refractivity contribution is 0.0947. The zero-order valence-corrected chi connectivity index (χ0v) is 10.5. The first-order chi connectivity index (χ1) is 8.91. The van der Waals surface area contributed by atoms with Crippen LogP contribution in [0.15, 0.2) is 6.07 Å². The van der Waals surface area contributed by atoms with E-state index in [1.807, 2.05) is 0 Å². The summed E-state index contributed by atoms with van der Waals surface area (Å²) in [7, 11) is 0. The maximum Gasteiger partial charge on any atom is 0.254 e. The second kappa shape index (κ2) is 5.28. The number of nitrogens with one attached hydrogen (secondary N) is 1. The SMILES string of the molecule is O=C(NCC(Cl)C1CC1)c1cc(F)c(F)c(O)c1F. The van der Waals surface area contributed by atoms with Crippen LogP contribution >= 0.6 is 11.6 Å². The molecule has 0 radical (unpaired) electrons. The van der Waals surface area contributed by atoms with Crippen molar-refractivity contribution in [2.24, 2.45) is 5.92 Å². The monoisotopic (exact) mass is 293 g/mol. The van der Waals surface area contributed by atoms with Crippen molar-refractivity contribution in [2.75, 3.05) is 6.54 Å². The minimum atomic E-state index is -1.72. The molecule has 0 aromatic heterocycles. The number of hydrogen-bond donors (Lipinski definition) is 2. The fourth-order valence-electron chi connectivity index (χ4n) is 1.67. The summed E-state index contributed by atoms with van der Waals surface area (Å²) in [6.07, 6.45) is 1.95. The Hall–Kier alpha value is -1.43. The number of hydrogen-bond acceptors (Lipinski definition) is 2. The highest BCUT2D eigenvalue weighted by molar-refractivity contribution is 6.21. The van der Waals surface area contributed by atoms with Gasteiger partial charge in [0.2, 0.25) is 5.82 Å².